The largest absolute Gasteiger partial charge is 0.368 e. The Kier molecular flexibility index (Phi) is 7.25. The number of hydrogen-bond acceptors (Lipinski definition) is 6. The first-order chi connectivity index (χ1) is 9.63. The zero-order valence-electron chi connectivity index (χ0n) is 13.1. The van der Waals surface area contributed by atoms with Crippen LogP contribution in [-0.4, -0.2) is 41.0 Å². The van der Waals surface area contributed by atoms with Crippen molar-refractivity contribution in [1.82, 2.24) is 14.9 Å². The van der Waals surface area contributed by atoms with Crippen molar-refractivity contribution in [3.8, 4) is 0 Å². The van der Waals surface area contributed by atoms with Crippen LogP contribution in [0.4, 0.5) is 11.6 Å². The van der Waals surface area contributed by atoms with E-state index in [-0.39, 0.29) is 0 Å². The highest BCUT2D eigenvalue weighted by Gasteiger charge is 2.10. The van der Waals surface area contributed by atoms with Gasteiger partial charge in [0, 0.05) is 24.7 Å². The summed E-state index contributed by atoms with van der Waals surface area (Å²) in [5, 5.41) is 3.39. The van der Waals surface area contributed by atoms with Crippen molar-refractivity contribution in [2.75, 3.05) is 30.9 Å². The quantitative estimate of drug-likeness (QED) is 0.473. The summed E-state index contributed by atoms with van der Waals surface area (Å²) in [7, 11) is 2.15. The van der Waals surface area contributed by atoms with Gasteiger partial charge in [0.15, 0.2) is 0 Å². The molecule has 0 bridgehead atoms. The number of nitrogens with two attached hydrogens (primary N) is 1. The average Bonchev–Trinajstić information content (AvgIpc) is 2.47. The Bertz CT molecular complexity index is 395. The molecule has 0 fully saturated rings. The molecule has 1 rings (SSSR count). The minimum absolute atomic E-state index is 0.596. The number of nitrogens with zero attached hydrogens (tertiary/aromatic N) is 3. The topological polar surface area (TPSA) is 79.1 Å². The third kappa shape index (κ3) is 4.61. The van der Waals surface area contributed by atoms with Crippen LogP contribution in [0.25, 0.3) is 0 Å². The summed E-state index contributed by atoms with van der Waals surface area (Å²) in [5.74, 6) is 7.10. The smallest absolute Gasteiger partial charge is 0.148 e. The van der Waals surface area contributed by atoms with Crippen LogP contribution in [0.15, 0.2) is 6.33 Å². The molecular formula is C14H28N6. The Hall–Kier alpha value is -1.40. The molecule has 6 nitrogen and oxygen atoms in total. The molecule has 1 aromatic rings. The van der Waals surface area contributed by atoms with E-state index in [0.717, 1.165) is 43.7 Å². The van der Waals surface area contributed by atoms with Gasteiger partial charge >= 0.3 is 0 Å². The lowest BCUT2D eigenvalue weighted by Gasteiger charge is -2.24. The minimum Gasteiger partial charge on any atom is -0.368 e. The molecule has 0 aliphatic rings. The number of hydrazine groups is 1. The van der Waals surface area contributed by atoms with Crippen LogP contribution in [0.5, 0.6) is 0 Å². The Morgan fingerprint density at radius 3 is 2.60 bits per heavy atom. The lowest BCUT2D eigenvalue weighted by molar-refractivity contribution is 0.261. The molecule has 1 heterocycles. The Morgan fingerprint density at radius 2 is 2.00 bits per heavy atom. The predicted molar refractivity (Wildman–Crippen MR) is 84.7 cm³/mol. The van der Waals surface area contributed by atoms with Crippen LogP contribution < -0.4 is 16.6 Å². The van der Waals surface area contributed by atoms with E-state index in [1.807, 2.05) is 0 Å². The molecule has 20 heavy (non-hydrogen) atoms. The van der Waals surface area contributed by atoms with E-state index in [1.54, 1.807) is 0 Å². The van der Waals surface area contributed by atoms with Crippen molar-refractivity contribution in [3.05, 3.63) is 11.9 Å². The van der Waals surface area contributed by atoms with Crippen molar-refractivity contribution >= 4 is 11.6 Å². The fourth-order valence-corrected chi connectivity index (χ4v) is 2.06. The van der Waals surface area contributed by atoms with E-state index in [1.165, 1.54) is 6.33 Å². The highest BCUT2D eigenvalue weighted by Crippen LogP contribution is 2.20. The second kappa shape index (κ2) is 8.71. The van der Waals surface area contributed by atoms with Crippen LogP contribution in [0.3, 0.4) is 0 Å². The molecule has 0 aromatic carbocycles. The molecular weight excluding hydrogens is 252 g/mol. The summed E-state index contributed by atoms with van der Waals surface area (Å²) >= 11 is 0. The standard InChI is InChI=1S/C14H28N6/c1-5-7-12-13(17-10-18-14(12)19-15)16-8-9-20(4)11(3)6-2/h10-11H,5-9,15H2,1-4H3,(H2,16,17,18,19). The summed E-state index contributed by atoms with van der Waals surface area (Å²) in [6, 6.07) is 0.596. The van der Waals surface area contributed by atoms with Crippen LogP contribution >= 0.6 is 0 Å². The van der Waals surface area contributed by atoms with Crippen LogP contribution in [0.2, 0.25) is 0 Å². The Morgan fingerprint density at radius 1 is 1.30 bits per heavy atom. The number of nitrogens with one attached hydrogen (secondary N) is 2. The van der Waals surface area contributed by atoms with E-state index in [2.05, 4.69) is 53.4 Å². The van der Waals surface area contributed by atoms with Crippen molar-refractivity contribution in [1.29, 1.82) is 0 Å². The number of aromatic nitrogens is 2. The molecule has 0 aliphatic heterocycles. The summed E-state index contributed by atoms with van der Waals surface area (Å²) < 4.78 is 0. The van der Waals surface area contributed by atoms with Gasteiger partial charge in [-0.3, -0.25) is 0 Å². The third-order valence-electron chi connectivity index (χ3n) is 3.68. The fraction of sp³-hybridized carbons (Fsp3) is 0.714. The lowest BCUT2D eigenvalue weighted by Crippen LogP contribution is -2.33. The first-order valence-electron chi connectivity index (χ1n) is 7.38. The summed E-state index contributed by atoms with van der Waals surface area (Å²) in [4.78, 5) is 10.8. The number of rotatable bonds is 9. The zero-order valence-corrected chi connectivity index (χ0v) is 13.1. The fourth-order valence-electron chi connectivity index (χ4n) is 2.06. The zero-order chi connectivity index (χ0) is 15.0. The number of likely N-dealkylation sites (N-methyl/N-ethyl adjacent to an activating group) is 1. The van der Waals surface area contributed by atoms with Crippen molar-refractivity contribution in [2.24, 2.45) is 5.84 Å². The minimum atomic E-state index is 0.596. The average molecular weight is 280 g/mol. The third-order valence-corrected chi connectivity index (χ3v) is 3.68. The molecule has 0 spiro atoms. The van der Waals surface area contributed by atoms with E-state index in [9.17, 15) is 0 Å². The summed E-state index contributed by atoms with van der Waals surface area (Å²) in [5.41, 5.74) is 3.70. The maximum Gasteiger partial charge on any atom is 0.148 e. The molecule has 0 saturated carbocycles. The van der Waals surface area contributed by atoms with Crippen molar-refractivity contribution < 1.29 is 0 Å². The Labute approximate surface area is 122 Å². The highest BCUT2D eigenvalue weighted by molar-refractivity contribution is 5.56. The Balaban J connectivity index is 2.63. The van der Waals surface area contributed by atoms with E-state index in [4.69, 9.17) is 5.84 Å². The molecule has 1 unspecified atom stereocenters. The first-order valence-corrected chi connectivity index (χ1v) is 7.38. The highest BCUT2D eigenvalue weighted by atomic mass is 15.3. The van der Waals surface area contributed by atoms with Crippen molar-refractivity contribution in [3.63, 3.8) is 0 Å². The van der Waals surface area contributed by atoms with Gasteiger partial charge in [0.05, 0.1) is 0 Å². The van der Waals surface area contributed by atoms with E-state index < -0.39 is 0 Å². The summed E-state index contributed by atoms with van der Waals surface area (Å²) in [6.07, 6.45) is 4.63. The molecule has 114 valence electrons. The van der Waals surface area contributed by atoms with Crippen LogP contribution in [-0.2, 0) is 6.42 Å². The molecule has 6 heteroatoms. The van der Waals surface area contributed by atoms with Gasteiger partial charge in [-0.1, -0.05) is 20.3 Å². The van der Waals surface area contributed by atoms with Crippen molar-refractivity contribution in [2.45, 2.75) is 46.1 Å². The lowest BCUT2D eigenvalue weighted by atomic mass is 10.1. The predicted octanol–water partition coefficient (Wildman–Crippen LogP) is 1.86. The molecule has 1 atom stereocenters. The first kappa shape index (κ1) is 16.7. The summed E-state index contributed by atoms with van der Waals surface area (Å²) in [6.45, 7) is 8.42. The van der Waals surface area contributed by atoms with Gasteiger partial charge in [-0.2, -0.15) is 0 Å². The van der Waals surface area contributed by atoms with Gasteiger partial charge in [0.1, 0.15) is 18.0 Å². The van der Waals surface area contributed by atoms with Crippen LogP contribution in [0, 0.1) is 0 Å². The van der Waals surface area contributed by atoms with Gasteiger partial charge in [0.2, 0.25) is 0 Å². The second-order valence-electron chi connectivity index (χ2n) is 5.11. The van der Waals surface area contributed by atoms with Gasteiger partial charge in [-0.15, -0.1) is 0 Å². The molecule has 0 radical (unpaired) electrons. The molecule has 0 saturated heterocycles. The molecule has 1 aromatic heterocycles. The monoisotopic (exact) mass is 280 g/mol. The maximum absolute atomic E-state index is 5.51. The van der Waals surface area contributed by atoms with Gasteiger partial charge in [-0.25, -0.2) is 15.8 Å². The van der Waals surface area contributed by atoms with Crippen LogP contribution in [0.1, 0.15) is 39.2 Å². The second-order valence-corrected chi connectivity index (χ2v) is 5.11. The van der Waals surface area contributed by atoms with Gasteiger partial charge in [0.25, 0.3) is 0 Å². The van der Waals surface area contributed by atoms with E-state index in [0.29, 0.717) is 11.9 Å². The van der Waals surface area contributed by atoms with Gasteiger partial charge < -0.3 is 15.6 Å². The number of hydrogen-bond donors (Lipinski definition) is 3. The molecule has 0 aliphatic carbocycles. The SMILES string of the molecule is CCCc1c(NN)ncnc1NCCN(C)C(C)CC. The number of anilines is 2. The molecule has 4 N–H and O–H groups in total. The maximum atomic E-state index is 5.51. The normalized spacial score (nSPS) is 12.5. The molecule has 0 amide bonds. The van der Waals surface area contributed by atoms with Gasteiger partial charge in [-0.05, 0) is 26.8 Å². The van der Waals surface area contributed by atoms with E-state index >= 15 is 0 Å². The number of nitrogen functional groups attached to an aromatic ring is 1.